The fourth-order valence-electron chi connectivity index (χ4n) is 1.84. The molecule has 0 saturated heterocycles. The van der Waals surface area contributed by atoms with Crippen molar-refractivity contribution in [3.8, 4) is 0 Å². The molecule has 0 saturated carbocycles. The molecule has 0 aliphatic rings. The molecule has 0 heterocycles. The van der Waals surface area contributed by atoms with Gasteiger partial charge in [-0.1, -0.05) is 48.3 Å². The highest BCUT2D eigenvalue weighted by atomic mass is 33.1. The number of amides is 1. The van der Waals surface area contributed by atoms with E-state index in [2.05, 4.69) is 13.8 Å². The molecule has 0 spiro atoms. The van der Waals surface area contributed by atoms with Gasteiger partial charge in [-0.05, 0) is 12.8 Å². The molecule has 0 aromatic carbocycles. The van der Waals surface area contributed by atoms with E-state index in [9.17, 15) is 18.0 Å². The number of rotatable bonds is 13. The lowest BCUT2D eigenvalue weighted by atomic mass is 9.99. The minimum Gasteiger partial charge on any atom is -0.465 e. The highest BCUT2D eigenvalue weighted by Gasteiger charge is 2.17. The summed E-state index contributed by atoms with van der Waals surface area (Å²) in [6, 6.07) is 0. The van der Waals surface area contributed by atoms with Crippen molar-refractivity contribution in [1.29, 1.82) is 0 Å². The molecule has 0 unspecified atom stereocenters. The summed E-state index contributed by atoms with van der Waals surface area (Å²) in [5.41, 5.74) is 0. The largest absolute Gasteiger partial charge is 0.465 e. The van der Waals surface area contributed by atoms with Crippen LogP contribution in [0.3, 0.4) is 0 Å². The first-order valence-corrected chi connectivity index (χ1v) is 12.2. The van der Waals surface area contributed by atoms with E-state index < -0.39 is 16.1 Å². The van der Waals surface area contributed by atoms with Crippen LogP contribution >= 0.6 is 21.6 Å². The Bertz CT molecular complexity index is 463. The van der Waals surface area contributed by atoms with Crippen LogP contribution in [0.25, 0.3) is 0 Å². The fourth-order valence-corrected chi connectivity index (χ4v) is 3.85. The summed E-state index contributed by atoms with van der Waals surface area (Å²) < 4.78 is 33.2. The zero-order chi connectivity index (χ0) is 18.4. The van der Waals surface area contributed by atoms with E-state index in [1.807, 2.05) is 0 Å². The summed E-state index contributed by atoms with van der Waals surface area (Å²) in [7, 11) is -0.614. The Hall–Kier alpha value is -0.610. The monoisotopic (exact) mass is 401 g/mol. The predicted molar refractivity (Wildman–Crippen MR) is 98.5 cm³/mol. The lowest BCUT2D eigenvalue weighted by molar-refractivity contribution is -0.148. The molecular weight excluding hydrogens is 374 g/mol. The van der Waals surface area contributed by atoms with E-state index in [1.165, 1.54) is 21.6 Å². The first-order chi connectivity index (χ1) is 11.3. The third kappa shape index (κ3) is 13.8. The first-order valence-electron chi connectivity index (χ1n) is 7.85. The summed E-state index contributed by atoms with van der Waals surface area (Å²) in [6.07, 6.45) is 3.57. The molecular formula is C14H27NO6S3. The van der Waals surface area contributed by atoms with Crippen LogP contribution in [0.2, 0.25) is 0 Å². The van der Waals surface area contributed by atoms with Crippen molar-refractivity contribution in [1.82, 2.24) is 4.72 Å². The number of hydrogen-bond acceptors (Lipinski definition) is 8. The normalized spacial score (nSPS) is 11.3. The zero-order valence-corrected chi connectivity index (χ0v) is 16.9. The van der Waals surface area contributed by atoms with Crippen molar-refractivity contribution in [2.24, 2.45) is 5.92 Å². The van der Waals surface area contributed by atoms with Gasteiger partial charge in [0, 0.05) is 11.5 Å². The van der Waals surface area contributed by atoms with Crippen LogP contribution in [0.5, 0.6) is 0 Å². The van der Waals surface area contributed by atoms with Crippen molar-refractivity contribution in [3.63, 3.8) is 0 Å². The van der Waals surface area contributed by atoms with Gasteiger partial charge < -0.3 is 9.47 Å². The van der Waals surface area contributed by atoms with E-state index >= 15 is 0 Å². The van der Waals surface area contributed by atoms with Crippen LogP contribution in [0.15, 0.2) is 0 Å². The Labute approximate surface area is 152 Å². The molecule has 0 radical (unpaired) electrons. The van der Waals surface area contributed by atoms with Gasteiger partial charge in [0.1, 0.15) is 13.2 Å². The summed E-state index contributed by atoms with van der Waals surface area (Å²) in [4.78, 5) is 22.9. The standard InChI is InChI=1S/C14H27NO6S3/c1-4-6-12(7-5-2)13(16)20-8-10-22-23-11-9-21-14(17)15-24(3,18)19/h12H,4-11H2,1-3H3,(H,15,17). The fraction of sp³-hybridized carbons (Fsp3) is 0.857. The van der Waals surface area contributed by atoms with Gasteiger partial charge in [-0.15, -0.1) is 0 Å². The van der Waals surface area contributed by atoms with Gasteiger partial charge in [0.2, 0.25) is 10.0 Å². The van der Waals surface area contributed by atoms with Crippen LogP contribution in [-0.2, 0) is 24.3 Å². The summed E-state index contributed by atoms with van der Waals surface area (Å²) in [5, 5.41) is 0. The third-order valence-electron chi connectivity index (χ3n) is 2.77. The average Bonchev–Trinajstić information content (AvgIpc) is 2.47. The highest BCUT2D eigenvalue weighted by molar-refractivity contribution is 8.76. The lowest BCUT2D eigenvalue weighted by Crippen LogP contribution is -2.30. The highest BCUT2D eigenvalue weighted by Crippen LogP contribution is 2.21. The Kier molecular flexibility index (Phi) is 13.3. The second kappa shape index (κ2) is 13.7. The Morgan fingerprint density at radius 2 is 1.50 bits per heavy atom. The van der Waals surface area contributed by atoms with Gasteiger partial charge in [0.25, 0.3) is 0 Å². The van der Waals surface area contributed by atoms with Gasteiger partial charge in [-0.2, -0.15) is 0 Å². The number of carbonyl (C=O) groups excluding carboxylic acids is 2. The number of hydrogen-bond donors (Lipinski definition) is 1. The maximum absolute atomic E-state index is 11.9. The molecule has 1 N–H and O–H groups in total. The third-order valence-corrected chi connectivity index (χ3v) is 5.64. The first kappa shape index (κ1) is 23.4. The quantitative estimate of drug-likeness (QED) is 0.286. The second-order valence-corrected chi connectivity index (χ2v) is 9.55. The van der Waals surface area contributed by atoms with E-state index in [4.69, 9.17) is 9.47 Å². The lowest BCUT2D eigenvalue weighted by Gasteiger charge is -2.14. The van der Waals surface area contributed by atoms with Crippen LogP contribution in [0.4, 0.5) is 4.79 Å². The molecule has 0 aromatic rings. The molecule has 24 heavy (non-hydrogen) atoms. The van der Waals surface area contributed by atoms with Crippen LogP contribution < -0.4 is 4.72 Å². The molecule has 0 atom stereocenters. The molecule has 0 aliphatic carbocycles. The molecule has 7 nitrogen and oxygen atoms in total. The smallest absolute Gasteiger partial charge is 0.420 e. The summed E-state index contributed by atoms with van der Waals surface area (Å²) >= 11 is 0. The van der Waals surface area contributed by atoms with Crippen molar-refractivity contribution < 1.29 is 27.5 Å². The maximum Gasteiger partial charge on any atom is 0.420 e. The van der Waals surface area contributed by atoms with Crippen LogP contribution in [0.1, 0.15) is 39.5 Å². The Morgan fingerprint density at radius 3 is 1.96 bits per heavy atom. The van der Waals surface area contributed by atoms with Crippen LogP contribution in [0, 0.1) is 5.92 Å². The second-order valence-electron chi connectivity index (χ2n) is 5.10. The van der Waals surface area contributed by atoms with Crippen molar-refractivity contribution >= 4 is 43.7 Å². The van der Waals surface area contributed by atoms with Gasteiger partial charge >= 0.3 is 12.1 Å². The molecule has 1 amide bonds. The molecule has 0 aromatic heterocycles. The SMILES string of the molecule is CCCC(CCC)C(=O)OCCSSCCOC(=O)NS(C)(=O)=O. The Morgan fingerprint density at radius 1 is 1.00 bits per heavy atom. The van der Waals surface area contributed by atoms with E-state index in [1.54, 1.807) is 4.72 Å². The van der Waals surface area contributed by atoms with Crippen molar-refractivity contribution in [3.05, 3.63) is 0 Å². The van der Waals surface area contributed by atoms with E-state index in [0.717, 1.165) is 31.9 Å². The van der Waals surface area contributed by atoms with E-state index in [-0.39, 0.29) is 18.5 Å². The minimum absolute atomic E-state index is 0.000546. The number of esters is 1. The number of ether oxygens (including phenoxy) is 2. The number of carbonyl (C=O) groups is 2. The zero-order valence-electron chi connectivity index (χ0n) is 14.4. The average molecular weight is 402 g/mol. The molecule has 0 bridgehead atoms. The van der Waals surface area contributed by atoms with Gasteiger partial charge in [0.05, 0.1) is 12.2 Å². The van der Waals surface area contributed by atoms with Gasteiger partial charge in [-0.3, -0.25) is 4.79 Å². The Balaban J connectivity index is 3.63. The number of nitrogens with one attached hydrogen (secondary N) is 1. The molecule has 0 fully saturated rings. The summed E-state index contributed by atoms with van der Waals surface area (Å²) in [5.74, 6) is 1.05. The van der Waals surface area contributed by atoms with Gasteiger partial charge in [-0.25, -0.2) is 17.9 Å². The van der Waals surface area contributed by atoms with Crippen molar-refractivity contribution in [2.75, 3.05) is 31.0 Å². The number of sulfonamides is 1. The van der Waals surface area contributed by atoms with Crippen LogP contribution in [-0.4, -0.2) is 51.5 Å². The topological polar surface area (TPSA) is 98.8 Å². The molecule has 0 aliphatic heterocycles. The maximum atomic E-state index is 11.9. The van der Waals surface area contributed by atoms with Gasteiger partial charge in [0.15, 0.2) is 0 Å². The predicted octanol–water partition coefficient (Wildman–Crippen LogP) is 2.81. The molecule has 142 valence electrons. The summed E-state index contributed by atoms with van der Waals surface area (Å²) in [6.45, 7) is 4.57. The minimum atomic E-state index is -3.59. The van der Waals surface area contributed by atoms with Crippen molar-refractivity contribution in [2.45, 2.75) is 39.5 Å². The van der Waals surface area contributed by atoms with E-state index in [0.29, 0.717) is 18.1 Å². The molecule has 0 rings (SSSR count). The molecule has 10 heteroatoms.